The van der Waals surface area contributed by atoms with Crippen molar-refractivity contribution in [1.82, 2.24) is 5.32 Å². The van der Waals surface area contributed by atoms with Gasteiger partial charge in [0.05, 0.1) is 7.11 Å². The molecule has 1 N–H and O–H groups in total. The molecule has 0 aliphatic rings. The Kier molecular flexibility index (Phi) is 8.14. The molecule has 0 saturated heterocycles. The molecule has 0 aliphatic heterocycles. The molecule has 2 rings (SSSR count). The van der Waals surface area contributed by atoms with Crippen LogP contribution in [0.5, 0.6) is 17.2 Å². The number of amides is 1. The third-order valence-electron chi connectivity index (χ3n) is 3.71. The smallest absolute Gasteiger partial charge is 0.387 e. The van der Waals surface area contributed by atoms with Gasteiger partial charge < -0.3 is 19.5 Å². The van der Waals surface area contributed by atoms with Crippen LogP contribution >= 0.6 is 0 Å². The van der Waals surface area contributed by atoms with Gasteiger partial charge >= 0.3 is 6.61 Å². The van der Waals surface area contributed by atoms with Crippen LogP contribution in [0.15, 0.2) is 48.5 Å². The highest BCUT2D eigenvalue weighted by atomic mass is 19.3. The molecule has 154 valence electrons. The first-order valence-electron chi connectivity index (χ1n) is 8.77. The second-order valence-corrected chi connectivity index (χ2v) is 5.75. The van der Waals surface area contributed by atoms with E-state index in [1.165, 1.54) is 37.5 Å². The molecule has 2 aromatic carbocycles. The van der Waals surface area contributed by atoms with E-state index in [9.17, 15) is 18.4 Å². The van der Waals surface area contributed by atoms with E-state index in [1.807, 2.05) is 6.92 Å². The average Bonchev–Trinajstić information content (AvgIpc) is 2.71. The van der Waals surface area contributed by atoms with Crippen LogP contribution in [0.1, 0.15) is 22.8 Å². The van der Waals surface area contributed by atoms with Gasteiger partial charge in [0.2, 0.25) is 0 Å². The zero-order valence-electron chi connectivity index (χ0n) is 16.0. The van der Waals surface area contributed by atoms with Crippen LogP contribution in [0.25, 0.3) is 6.08 Å². The Balaban J connectivity index is 2.03. The molecule has 29 heavy (non-hydrogen) atoms. The molecule has 8 heteroatoms. The molecule has 0 spiro atoms. The van der Waals surface area contributed by atoms with Gasteiger partial charge in [0.1, 0.15) is 5.75 Å². The topological polar surface area (TPSA) is 73.9 Å². The number of allylic oxidation sites excluding steroid dienone is 1. The molecule has 0 atom stereocenters. The lowest BCUT2D eigenvalue weighted by molar-refractivity contribution is -0.123. The number of hydrogen-bond acceptors (Lipinski definition) is 5. The Morgan fingerprint density at radius 2 is 1.83 bits per heavy atom. The van der Waals surface area contributed by atoms with Crippen LogP contribution < -0.4 is 19.5 Å². The van der Waals surface area contributed by atoms with E-state index in [4.69, 9.17) is 9.47 Å². The number of carbonyl (C=O) groups is 2. The minimum atomic E-state index is -2.92. The fourth-order valence-electron chi connectivity index (χ4n) is 2.37. The summed E-state index contributed by atoms with van der Waals surface area (Å²) in [6.45, 7) is -0.728. The highest BCUT2D eigenvalue weighted by Crippen LogP contribution is 2.28. The summed E-state index contributed by atoms with van der Waals surface area (Å²) in [4.78, 5) is 23.7. The quantitative estimate of drug-likeness (QED) is 0.482. The number of carbonyl (C=O) groups excluding carboxylic acids is 2. The fourth-order valence-corrected chi connectivity index (χ4v) is 2.37. The van der Waals surface area contributed by atoms with Gasteiger partial charge in [0.15, 0.2) is 23.9 Å². The standard InChI is InChI=1S/C21H21F2NO5/c1-3-24-20(26)13-28-18-11-5-14(12-19(18)27-2)4-10-17(25)15-6-8-16(9-7-15)29-21(22)23/h4-12,21H,3,13H2,1-2H3,(H,24,26)/b10-4+. The van der Waals surface area contributed by atoms with Gasteiger partial charge in [-0.05, 0) is 55.0 Å². The van der Waals surface area contributed by atoms with Gasteiger partial charge in [-0.1, -0.05) is 12.1 Å². The van der Waals surface area contributed by atoms with E-state index < -0.39 is 6.61 Å². The minimum absolute atomic E-state index is 0.0199. The molecular weight excluding hydrogens is 384 g/mol. The Morgan fingerprint density at radius 3 is 2.45 bits per heavy atom. The Morgan fingerprint density at radius 1 is 1.10 bits per heavy atom. The summed E-state index contributed by atoms with van der Waals surface area (Å²) < 4.78 is 39.3. The van der Waals surface area contributed by atoms with Crippen molar-refractivity contribution < 1.29 is 32.6 Å². The number of halogens is 2. The van der Waals surface area contributed by atoms with Gasteiger partial charge in [-0.3, -0.25) is 9.59 Å². The van der Waals surface area contributed by atoms with Crippen molar-refractivity contribution >= 4 is 17.8 Å². The predicted molar refractivity (Wildman–Crippen MR) is 104 cm³/mol. The van der Waals surface area contributed by atoms with Crippen LogP contribution in [-0.2, 0) is 4.79 Å². The first-order chi connectivity index (χ1) is 13.9. The number of methoxy groups -OCH3 is 1. The van der Waals surface area contributed by atoms with Gasteiger partial charge in [-0.2, -0.15) is 8.78 Å². The maximum absolute atomic E-state index is 12.2. The van der Waals surface area contributed by atoms with Crippen molar-refractivity contribution in [1.29, 1.82) is 0 Å². The summed E-state index contributed by atoms with van der Waals surface area (Å²) in [5.74, 6) is 0.251. The number of benzene rings is 2. The maximum atomic E-state index is 12.2. The van der Waals surface area contributed by atoms with Crippen LogP contribution in [0.2, 0.25) is 0 Å². The maximum Gasteiger partial charge on any atom is 0.387 e. The third kappa shape index (κ3) is 6.91. The summed E-state index contributed by atoms with van der Waals surface area (Å²) >= 11 is 0. The number of likely N-dealkylation sites (N-methyl/N-ethyl adjacent to an activating group) is 1. The lowest BCUT2D eigenvalue weighted by atomic mass is 10.1. The molecule has 2 aromatic rings. The van der Waals surface area contributed by atoms with Gasteiger partial charge in [-0.15, -0.1) is 0 Å². The number of hydrogen-bond donors (Lipinski definition) is 1. The molecule has 0 aromatic heterocycles. The summed E-state index contributed by atoms with van der Waals surface area (Å²) in [5, 5.41) is 2.63. The molecule has 6 nitrogen and oxygen atoms in total. The predicted octanol–water partition coefficient (Wildman–Crippen LogP) is 3.71. The van der Waals surface area contributed by atoms with E-state index >= 15 is 0 Å². The van der Waals surface area contributed by atoms with E-state index in [-0.39, 0.29) is 24.0 Å². The van der Waals surface area contributed by atoms with Crippen molar-refractivity contribution in [3.8, 4) is 17.2 Å². The Labute approximate surface area is 167 Å². The molecule has 1 amide bonds. The molecule has 0 fully saturated rings. The van der Waals surface area contributed by atoms with Crippen LogP contribution in [0.3, 0.4) is 0 Å². The number of nitrogens with one attached hydrogen (secondary N) is 1. The van der Waals surface area contributed by atoms with Crippen LogP contribution in [-0.4, -0.2) is 38.6 Å². The zero-order valence-corrected chi connectivity index (χ0v) is 16.0. The average molecular weight is 405 g/mol. The largest absolute Gasteiger partial charge is 0.493 e. The summed E-state index contributed by atoms with van der Waals surface area (Å²) in [6.07, 6.45) is 2.94. The number of rotatable bonds is 10. The molecule has 0 heterocycles. The fraction of sp³-hybridized carbons (Fsp3) is 0.238. The van der Waals surface area contributed by atoms with E-state index in [1.54, 1.807) is 24.3 Å². The third-order valence-corrected chi connectivity index (χ3v) is 3.71. The van der Waals surface area contributed by atoms with Crippen molar-refractivity contribution in [2.45, 2.75) is 13.5 Å². The number of alkyl halides is 2. The SMILES string of the molecule is CCNC(=O)COc1ccc(/C=C/C(=O)c2ccc(OC(F)F)cc2)cc1OC. The van der Waals surface area contributed by atoms with Crippen molar-refractivity contribution in [2.75, 3.05) is 20.3 Å². The summed E-state index contributed by atoms with van der Waals surface area (Å²) in [5.41, 5.74) is 1.01. The number of ketones is 1. The van der Waals surface area contributed by atoms with E-state index in [0.29, 0.717) is 29.2 Å². The lowest BCUT2D eigenvalue weighted by Gasteiger charge is -2.11. The summed E-state index contributed by atoms with van der Waals surface area (Å²) in [7, 11) is 1.47. The molecule has 0 aliphatic carbocycles. The minimum Gasteiger partial charge on any atom is -0.493 e. The van der Waals surface area contributed by atoms with Gasteiger partial charge in [0.25, 0.3) is 5.91 Å². The normalized spacial score (nSPS) is 10.8. The van der Waals surface area contributed by atoms with Crippen LogP contribution in [0, 0.1) is 0 Å². The van der Waals surface area contributed by atoms with E-state index in [0.717, 1.165) is 0 Å². The number of ether oxygens (including phenoxy) is 3. The van der Waals surface area contributed by atoms with Crippen molar-refractivity contribution in [2.24, 2.45) is 0 Å². The highest BCUT2D eigenvalue weighted by Gasteiger charge is 2.09. The van der Waals surface area contributed by atoms with Crippen molar-refractivity contribution in [3.63, 3.8) is 0 Å². The second-order valence-electron chi connectivity index (χ2n) is 5.75. The monoisotopic (exact) mass is 405 g/mol. The molecule has 0 saturated carbocycles. The summed E-state index contributed by atoms with van der Waals surface area (Å²) in [6, 6.07) is 10.4. The van der Waals surface area contributed by atoms with Crippen LogP contribution in [0.4, 0.5) is 8.78 Å². The first-order valence-corrected chi connectivity index (χ1v) is 8.77. The van der Waals surface area contributed by atoms with Gasteiger partial charge in [0, 0.05) is 12.1 Å². The zero-order chi connectivity index (χ0) is 21.2. The molecular formula is C21H21F2NO5. The van der Waals surface area contributed by atoms with E-state index in [2.05, 4.69) is 10.1 Å². The Bertz CT molecular complexity index is 866. The molecule has 0 unspecified atom stereocenters. The molecule has 0 radical (unpaired) electrons. The highest BCUT2D eigenvalue weighted by molar-refractivity contribution is 6.06. The molecule has 0 bridgehead atoms. The lowest BCUT2D eigenvalue weighted by Crippen LogP contribution is -2.28. The first kappa shape index (κ1) is 21.9. The second kappa shape index (κ2) is 10.8. The van der Waals surface area contributed by atoms with Crippen molar-refractivity contribution in [3.05, 3.63) is 59.7 Å². The Hall–Kier alpha value is -3.42. The van der Waals surface area contributed by atoms with Gasteiger partial charge in [-0.25, -0.2) is 0 Å².